The molecule has 0 fully saturated rings. The summed E-state index contributed by atoms with van der Waals surface area (Å²) in [4.78, 5) is 17.2. The van der Waals surface area contributed by atoms with Crippen molar-refractivity contribution in [1.82, 2.24) is 9.88 Å². The summed E-state index contributed by atoms with van der Waals surface area (Å²) in [6.07, 6.45) is 3.48. The second-order valence-corrected chi connectivity index (χ2v) is 5.80. The molecule has 128 valence electrons. The molecule has 2 aromatic rings. The van der Waals surface area contributed by atoms with Gasteiger partial charge in [0.25, 0.3) is 0 Å². The molecule has 6 heteroatoms. The lowest BCUT2D eigenvalue weighted by Gasteiger charge is -2.06. The highest BCUT2D eigenvalue weighted by Crippen LogP contribution is 2.26. The largest absolute Gasteiger partial charge is 0.382 e. The Morgan fingerprint density at radius 1 is 1.33 bits per heavy atom. The van der Waals surface area contributed by atoms with Gasteiger partial charge in [-0.2, -0.15) is 5.26 Å². The lowest BCUT2D eigenvalue weighted by atomic mass is 10.1. The van der Waals surface area contributed by atoms with Crippen LogP contribution in [0.15, 0.2) is 30.0 Å². The third-order valence-electron chi connectivity index (χ3n) is 3.17. The second-order valence-electron chi connectivity index (χ2n) is 5.19. The van der Waals surface area contributed by atoms with Crippen molar-refractivity contribution < 1.29 is 4.79 Å². The summed E-state index contributed by atoms with van der Waals surface area (Å²) in [6.45, 7) is 6.01. The molecule has 0 saturated heterocycles. The van der Waals surface area contributed by atoms with Gasteiger partial charge in [0.05, 0.1) is 5.69 Å². The number of nitriles is 1. The smallest absolute Gasteiger partial charge is 0.221 e. The van der Waals surface area contributed by atoms with Gasteiger partial charge in [-0.1, -0.05) is 25.8 Å². The number of Topliss-reactive ketones (excluding diaryl/α,β-unsaturated/α-hetero) is 1. The van der Waals surface area contributed by atoms with Gasteiger partial charge in [-0.15, -0.1) is 0 Å². The lowest BCUT2D eigenvalue weighted by Crippen LogP contribution is -2.09. The van der Waals surface area contributed by atoms with Crippen LogP contribution < -0.4 is 4.72 Å². The van der Waals surface area contributed by atoms with Crippen molar-refractivity contribution in [1.29, 1.82) is 5.26 Å². The Bertz CT molecular complexity index is 784. The third-order valence-corrected chi connectivity index (χ3v) is 3.60. The minimum absolute atomic E-state index is 0.107. The number of fused-ring (bicyclic) bond motifs is 1. The first kappa shape index (κ1) is 19.7. The van der Waals surface area contributed by atoms with Crippen LogP contribution in [0, 0.1) is 18.3 Å². The fraction of sp³-hybridized carbons (Fsp3) is 0.333. The van der Waals surface area contributed by atoms with Gasteiger partial charge in [-0.25, -0.2) is 0 Å². The van der Waals surface area contributed by atoms with Crippen molar-refractivity contribution in [3.8, 4) is 6.07 Å². The Morgan fingerprint density at radius 2 is 2.00 bits per heavy atom. The summed E-state index contributed by atoms with van der Waals surface area (Å²) in [5.74, 6) is -0.301. The predicted molar refractivity (Wildman–Crippen MR) is 103 cm³/mol. The first-order valence-corrected chi connectivity index (χ1v) is 8.94. The average molecular weight is 344 g/mol. The van der Waals surface area contributed by atoms with Crippen molar-refractivity contribution in [2.45, 2.75) is 20.8 Å². The highest BCUT2D eigenvalue weighted by molar-refractivity contribution is 7.99. The van der Waals surface area contributed by atoms with Gasteiger partial charge in [0.2, 0.25) is 5.78 Å². The van der Waals surface area contributed by atoms with Crippen LogP contribution in [0.2, 0.25) is 0 Å². The van der Waals surface area contributed by atoms with Crippen LogP contribution in [0.25, 0.3) is 10.9 Å². The molecule has 0 bridgehead atoms. The third kappa shape index (κ3) is 4.56. The molecule has 0 aliphatic rings. The molecular weight excluding hydrogens is 320 g/mol. The Balaban J connectivity index is 0.00000139. The monoisotopic (exact) mass is 344 g/mol. The van der Waals surface area contributed by atoms with E-state index >= 15 is 0 Å². The van der Waals surface area contributed by atoms with Gasteiger partial charge in [-0.3, -0.25) is 4.79 Å². The van der Waals surface area contributed by atoms with E-state index in [1.165, 1.54) is 18.1 Å². The number of nitrogens with one attached hydrogen (secondary N) is 2. The summed E-state index contributed by atoms with van der Waals surface area (Å²) in [6, 6.07) is 7.73. The molecule has 2 rings (SSSR count). The molecule has 0 unspecified atom stereocenters. The fourth-order valence-corrected chi connectivity index (χ4v) is 2.62. The van der Waals surface area contributed by atoms with Gasteiger partial charge in [-0.05, 0) is 30.7 Å². The maximum absolute atomic E-state index is 12.4. The summed E-state index contributed by atoms with van der Waals surface area (Å²) < 4.78 is 3.21. The molecule has 0 spiro atoms. The number of anilines is 1. The summed E-state index contributed by atoms with van der Waals surface area (Å²) in [5.41, 5.74) is 3.50. The number of carbonyl (C=O) groups is 1. The number of rotatable bonds is 5. The Kier molecular flexibility index (Phi) is 7.40. The van der Waals surface area contributed by atoms with Gasteiger partial charge < -0.3 is 14.6 Å². The maximum atomic E-state index is 12.4. The van der Waals surface area contributed by atoms with Crippen molar-refractivity contribution in [3.05, 3.63) is 41.2 Å². The van der Waals surface area contributed by atoms with Crippen LogP contribution in [-0.2, 0) is 0 Å². The van der Waals surface area contributed by atoms with Crippen LogP contribution in [0.3, 0.4) is 0 Å². The molecule has 1 heterocycles. The Hall–Kier alpha value is -2.39. The zero-order valence-electron chi connectivity index (χ0n) is 15.0. The number of allylic oxidation sites excluding steroid dienone is 1. The SMILES string of the molecule is CC.CSNc1cc2[nH]c(C(=O)/C(C#N)=C/N(C)C)cc2cc1C. The maximum Gasteiger partial charge on any atom is 0.221 e. The molecule has 2 N–H and O–H groups in total. The Labute approximate surface area is 147 Å². The molecule has 0 atom stereocenters. The van der Waals surface area contributed by atoms with E-state index < -0.39 is 0 Å². The molecule has 0 aliphatic heterocycles. The number of ketones is 1. The Morgan fingerprint density at radius 3 is 2.54 bits per heavy atom. The van der Waals surface area contributed by atoms with E-state index in [2.05, 4.69) is 9.71 Å². The van der Waals surface area contributed by atoms with Gasteiger partial charge in [0.1, 0.15) is 11.6 Å². The standard InChI is InChI=1S/C16H18N4OS.C2H6/c1-10-5-11-6-15(16(21)12(8-17)9-20(2)3)18-14(11)7-13(10)19-22-4;1-2/h5-7,9,18-19H,1-4H3;1-2H3/b12-9+;. The first-order chi connectivity index (χ1) is 11.5. The summed E-state index contributed by atoms with van der Waals surface area (Å²) >= 11 is 1.52. The molecule has 0 aliphatic carbocycles. The summed E-state index contributed by atoms with van der Waals surface area (Å²) in [7, 11) is 3.55. The molecular formula is C18H24N4OS. The number of carbonyl (C=O) groups excluding carboxylic acids is 1. The molecule has 24 heavy (non-hydrogen) atoms. The van der Waals surface area contributed by atoms with Gasteiger partial charge in [0, 0.05) is 43.1 Å². The molecule has 0 saturated carbocycles. The highest BCUT2D eigenvalue weighted by atomic mass is 32.2. The topological polar surface area (TPSA) is 71.9 Å². The van der Waals surface area contributed by atoms with Crippen LogP contribution in [0.5, 0.6) is 0 Å². The van der Waals surface area contributed by atoms with E-state index in [1.807, 2.05) is 45.2 Å². The number of nitrogens with zero attached hydrogens (tertiary/aromatic N) is 2. The second kappa shape index (κ2) is 9.04. The lowest BCUT2D eigenvalue weighted by molar-refractivity contribution is 0.103. The zero-order valence-corrected chi connectivity index (χ0v) is 15.8. The number of hydrogen-bond acceptors (Lipinski definition) is 5. The van der Waals surface area contributed by atoms with E-state index in [4.69, 9.17) is 5.26 Å². The van der Waals surface area contributed by atoms with E-state index in [0.717, 1.165) is 22.2 Å². The zero-order chi connectivity index (χ0) is 18.3. The molecule has 1 aromatic heterocycles. The van der Waals surface area contributed by atoms with Crippen LogP contribution >= 0.6 is 11.9 Å². The van der Waals surface area contributed by atoms with Crippen molar-refractivity contribution in [2.24, 2.45) is 0 Å². The minimum atomic E-state index is -0.301. The molecule has 0 amide bonds. The van der Waals surface area contributed by atoms with Crippen LogP contribution in [0.1, 0.15) is 29.9 Å². The van der Waals surface area contributed by atoms with Crippen molar-refractivity contribution in [3.63, 3.8) is 0 Å². The number of benzene rings is 1. The fourth-order valence-electron chi connectivity index (χ4n) is 2.18. The number of H-pyrrole nitrogens is 1. The van der Waals surface area contributed by atoms with E-state index in [-0.39, 0.29) is 11.4 Å². The van der Waals surface area contributed by atoms with E-state index in [1.54, 1.807) is 25.1 Å². The highest BCUT2D eigenvalue weighted by Gasteiger charge is 2.15. The summed E-state index contributed by atoms with van der Waals surface area (Å²) in [5, 5.41) is 10.1. The van der Waals surface area contributed by atoms with E-state index in [9.17, 15) is 4.79 Å². The number of aryl methyl sites for hydroxylation is 1. The van der Waals surface area contributed by atoms with Gasteiger partial charge in [0.15, 0.2) is 0 Å². The number of aromatic amines is 1. The van der Waals surface area contributed by atoms with E-state index in [0.29, 0.717) is 5.69 Å². The molecule has 5 nitrogen and oxygen atoms in total. The number of hydrogen-bond donors (Lipinski definition) is 2. The predicted octanol–water partition coefficient (Wildman–Crippen LogP) is 4.34. The number of aromatic nitrogens is 1. The van der Waals surface area contributed by atoms with Gasteiger partial charge >= 0.3 is 0 Å². The van der Waals surface area contributed by atoms with Crippen LogP contribution in [0.4, 0.5) is 5.69 Å². The molecule has 0 radical (unpaired) electrons. The van der Waals surface area contributed by atoms with Crippen molar-refractivity contribution in [2.75, 3.05) is 25.1 Å². The normalized spacial score (nSPS) is 10.6. The minimum Gasteiger partial charge on any atom is -0.382 e. The average Bonchev–Trinajstić information content (AvgIpc) is 2.97. The quantitative estimate of drug-likeness (QED) is 0.365. The molecule has 1 aromatic carbocycles. The van der Waals surface area contributed by atoms with Crippen LogP contribution in [-0.4, -0.2) is 36.0 Å². The van der Waals surface area contributed by atoms with Crippen molar-refractivity contribution >= 4 is 34.3 Å². The first-order valence-electron chi connectivity index (χ1n) is 7.71.